The summed E-state index contributed by atoms with van der Waals surface area (Å²) in [7, 11) is 1.62. The highest BCUT2D eigenvalue weighted by Gasteiger charge is 2.62. The molecule has 2 bridgehead atoms. The second-order valence-corrected chi connectivity index (χ2v) is 7.23. The first-order chi connectivity index (χ1) is 9.88. The van der Waals surface area contributed by atoms with Crippen LogP contribution in [0.1, 0.15) is 50.4 Å². The van der Waals surface area contributed by atoms with Crippen molar-refractivity contribution in [1.82, 2.24) is 0 Å². The van der Waals surface area contributed by atoms with Crippen molar-refractivity contribution < 1.29 is 14.3 Å². The molecule has 2 unspecified atom stereocenters. The van der Waals surface area contributed by atoms with Crippen molar-refractivity contribution >= 4 is 5.97 Å². The van der Waals surface area contributed by atoms with Gasteiger partial charge in [0.2, 0.25) is 0 Å². The van der Waals surface area contributed by atoms with Crippen LogP contribution in [0.2, 0.25) is 0 Å². The van der Waals surface area contributed by atoms with E-state index in [1.165, 1.54) is 6.42 Å². The monoisotopic (exact) mass is 288 g/mol. The predicted molar refractivity (Wildman–Crippen MR) is 81.4 cm³/mol. The summed E-state index contributed by atoms with van der Waals surface area (Å²) in [6.45, 7) is 6.93. The van der Waals surface area contributed by atoms with Gasteiger partial charge in [0.05, 0.1) is 12.7 Å². The molecule has 2 aliphatic rings. The van der Waals surface area contributed by atoms with Crippen LogP contribution in [0.4, 0.5) is 0 Å². The van der Waals surface area contributed by atoms with Crippen LogP contribution < -0.4 is 4.74 Å². The lowest BCUT2D eigenvalue weighted by atomic mass is 9.70. The smallest absolute Gasteiger partial charge is 0.338 e. The third-order valence-corrected chi connectivity index (χ3v) is 6.29. The summed E-state index contributed by atoms with van der Waals surface area (Å²) in [5.41, 5.74) is 0.970. The first-order valence-corrected chi connectivity index (χ1v) is 7.73. The van der Waals surface area contributed by atoms with Gasteiger partial charge in [-0.3, -0.25) is 0 Å². The van der Waals surface area contributed by atoms with Gasteiger partial charge in [-0.1, -0.05) is 20.8 Å². The molecule has 2 aliphatic carbocycles. The maximum absolute atomic E-state index is 12.4. The Morgan fingerprint density at radius 3 is 2.33 bits per heavy atom. The number of carbonyl (C=O) groups excluding carboxylic acids is 1. The average molecular weight is 288 g/mol. The molecule has 1 aromatic rings. The van der Waals surface area contributed by atoms with Gasteiger partial charge < -0.3 is 9.47 Å². The summed E-state index contributed by atoms with van der Waals surface area (Å²) in [5.74, 6) is 1.21. The number of esters is 1. The van der Waals surface area contributed by atoms with Gasteiger partial charge >= 0.3 is 5.97 Å². The summed E-state index contributed by atoms with van der Waals surface area (Å²) < 4.78 is 11.0. The van der Waals surface area contributed by atoms with Gasteiger partial charge in [-0.05, 0) is 54.9 Å². The number of hydrogen-bond acceptors (Lipinski definition) is 3. The number of benzene rings is 1. The fraction of sp³-hybridized carbons (Fsp3) is 0.611. The van der Waals surface area contributed by atoms with Gasteiger partial charge in [0.1, 0.15) is 11.9 Å². The molecular weight excluding hydrogens is 264 g/mol. The van der Waals surface area contributed by atoms with Crippen LogP contribution in [-0.2, 0) is 4.74 Å². The van der Waals surface area contributed by atoms with E-state index in [1.54, 1.807) is 31.4 Å². The minimum absolute atomic E-state index is 0.0425. The Morgan fingerprint density at radius 1 is 1.19 bits per heavy atom. The highest BCUT2D eigenvalue weighted by molar-refractivity contribution is 5.89. The molecule has 3 atom stereocenters. The molecule has 0 aromatic heterocycles. The normalized spacial score (nSPS) is 33.0. The minimum atomic E-state index is -0.216. The van der Waals surface area contributed by atoms with Crippen LogP contribution in [0.3, 0.4) is 0 Å². The largest absolute Gasteiger partial charge is 0.497 e. The fourth-order valence-electron chi connectivity index (χ4n) is 4.23. The van der Waals surface area contributed by atoms with Gasteiger partial charge in [-0.25, -0.2) is 4.79 Å². The van der Waals surface area contributed by atoms with Crippen molar-refractivity contribution in [3.63, 3.8) is 0 Å². The summed E-state index contributed by atoms with van der Waals surface area (Å²) in [6.07, 6.45) is 3.47. The molecule has 0 amide bonds. The highest BCUT2D eigenvalue weighted by atomic mass is 16.5. The van der Waals surface area contributed by atoms with E-state index >= 15 is 0 Å². The molecule has 21 heavy (non-hydrogen) atoms. The lowest BCUT2D eigenvalue weighted by molar-refractivity contribution is -0.0242. The Labute approximate surface area is 126 Å². The zero-order valence-electron chi connectivity index (χ0n) is 13.3. The van der Waals surface area contributed by atoms with Crippen LogP contribution in [0.15, 0.2) is 24.3 Å². The summed E-state index contributed by atoms with van der Waals surface area (Å²) >= 11 is 0. The van der Waals surface area contributed by atoms with E-state index in [0.29, 0.717) is 11.5 Å². The van der Waals surface area contributed by atoms with Gasteiger partial charge in [-0.15, -0.1) is 0 Å². The fourth-order valence-corrected chi connectivity index (χ4v) is 4.23. The first kappa shape index (κ1) is 14.4. The number of hydrogen-bond donors (Lipinski definition) is 0. The predicted octanol–water partition coefficient (Wildman–Crippen LogP) is 4.07. The highest BCUT2D eigenvalue weighted by Crippen LogP contribution is 2.66. The molecule has 3 nitrogen and oxygen atoms in total. The lowest BCUT2D eigenvalue weighted by Gasteiger charge is -2.38. The number of rotatable bonds is 3. The Kier molecular flexibility index (Phi) is 3.27. The van der Waals surface area contributed by atoms with E-state index in [0.717, 1.165) is 18.6 Å². The second kappa shape index (κ2) is 4.75. The molecule has 0 spiro atoms. The maximum Gasteiger partial charge on any atom is 0.338 e. The molecule has 0 N–H and O–H groups in total. The Balaban J connectivity index is 1.74. The van der Waals surface area contributed by atoms with E-state index in [2.05, 4.69) is 20.8 Å². The second-order valence-electron chi connectivity index (χ2n) is 7.23. The molecule has 2 fully saturated rings. The van der Waals surface area contributed by atoms with Gasteiger partial charge in [0.25, 0.3) is 0 Å². The maximum atomic E-state index is 12.4. The third kappa shape index (κ3) is 2.05. The molecule has 0 aliphatic heterocycles. The number of fused-ring (bicyclic) bond motifs is 2. The van der Waals surface area contributed by atoms with Crippen LogP contribution in [-0.4, -0.2) is 19.2 Å². The van der Waals surface area contributed by atoms with Gasteiger partial charge in [-0.2, -0.15) is 0 Å². The van der Waals surface area contributed by atoms with Crippen molar-refractivity contribution in [2.24, 2.45) is 16.7 Å². The zero-order chi connectivity index (χ0) is 15.3. The molecule has 3 heteroatoms. The quantitative estimate of drug-likeness (QED) is 0.787. The van der Waals surface area contributed by atoms with E-state index in [1.807, 2.05) is 0 Å². The molecule has 0 saturated heterocycles. The first-order valence-electron chi connectivity index (χ1n) is 7.73. The Hall–Kier alpha value is -1.51. The standard InChI is InChI=1S/C18H24O3/c1-17(2)13-9-10-18(17,3)15(11-13)21-16(19)12-5-7-14(20-4)8-6-12/h5-8,13,15H,9-11H2,1-4H3/t13?,15-,18?/m1/s1. The van der Waals surface area contributed by atoms with Crippen LogP contribution in [0, 0.1) is 16.7 Å². The van der Waals surface area contributed by atoms with Crippen molar-refractivity contribution in [3.8, 4) is 5.75 Å². The van der Waals surface area contributed by atoms with Crippen molar-refractivity contribution in [1.29, 1.82) is 0 Å². The average Bonchev–Trinajstić information content (AvgIpc) is 2.80. The minimum Gasteiger partial charge on any atom is -0.497 e. The molecule has 2 saturated carbocycles. The van der Waals surface area contributed by atoms with Crippen molar-refractivity contribution in [3.05, 3.63) is 29.8 Å². The van der Waals surface area contributed by atoms with Crippen LogP contribution in [0.5, 0.6) is 5.75 Å². The molecule has 3 rings (SSSR count). The van der Waals surface area contributed by atoms with Crippen LogP contribution in [0.25, 0.3) is 0 Å². The van der Waals surface area contributed by atoms with Gasteiger partial charge in [0, 0.05) is 5.41 Å². The van der Waals surface area contributed by atoms with E-state index in [4.69, 9.17) is 9.47 Å². The molecule has 1 aromatic carbocycles. The third-order valence-electron chi connectivity index (χ3n) is 6.29. The number of methoxy groups -OCH3 is 1. The SMILES string of the molecule is COc1ccc(C(=O)O[C@@H]2CC3CCC2(C)C3(C)C)cc1. The van der Waals surface area contributed by atoms with Crippen LogP contribution >= 0.6 is 0 Å². The van der Waals surface area contributed by atoms with Gasteiger partial charge in [0.15, 0.2) is 0 Å². The lowest BCUT2D eigenvalue weighted by Crippen LogP contribution is -2.38. The topological polar surface area (TPSA) is 35.5 Å². The number of carbonyl (C=O) groups is 1. The Morgan fingerprint density at radius 2 is 1.86 bits per heavy atom. The van der Waals surface area contributed by atoms with Crippen molar-refractivity contribution in [2.45, 2.75) is 46.1 Å². The van der Waals surface area contributed by atoms with E-state index < -0.39 is 0 Å². The summed E-state index contributed by atoms with van der Waals surface area (Å²) in [6, 6.07) is 7.12. The molecule has 0 heterocycles. The molecule has 0 radical (unpaired) electrons. The molecular formula is C18H24O3. The molecule has 114 valence electrons. The van der Waals surface area contributed by atoms with E-state index in [9.17, 15) is 4.79 Å². The Bertz CT molecular complexity index is 546. The van der Waals surface area contributed by atoms with E-state index in [-0.39, 0.29) is 22.9 Å². The summed E-state index contributed by atoms with van der Waals surface area (Å²) in [5, 5.41) is 0. The number of ether oxygens (including phenoxy) is 2. The van der Waals surface area contributed by atoms with Crippen molar-refractivity contribution in [2.75, 3.05) is 7.11 Å². The summed E-state index contributed by atoms with van der Waals surface area (Å²) in [4.78, 5) is 12.4. The zero-order valence-corrected chi connectivity index (χ0v) is 13.3.